The van der Waals surface area contributed by atoms with Crippen LogP contribution in [0, 0.1) is 12.8 Å². The van der Waals surface area contributed by atoms with Gasteiger partial charge in [-0.15, -0.1) is 0 Å². The van der Waals surface area contributed by atoms with Crippen LogP contribution in [0.3, 0.4) is 0 Å². The monoisotopic (exact) mass is 481 g/mol. The van der Waals surface area contributed by atoms with Crippen molar-refractivity contribution in [2.24, 2.45) is 5.92 Å². The Bertz CT molecular complexity index is 1060. The lowest BCUT2D eigenvalue weighted by Gasteiger charge is -2.20. The number of carbonyl (C=O) groups is 2. The Morgan fingerprint density at radius 3 is 2.26 bits per heavy atom. The molecule has 9 heteroatoms. The van der Waals surface area contributed by atoms with Crippen molar-refractivity contribution in [1.82, 2.24) is 5.32 Å². The average Bonchev–Trinajstić information content (AvgIpc) is 2.68. The first kappa shape index (κ1) is 27.0. The molecule has 0 saturated heterocycles. The lowest BCUT2D eigenvalue weighted by atomic mass is 9.97. The first-order chi connectivity index (χ1) is 15.6. The van der Waals surface area contributed by atoms with Crippen LogP contribution in [0.2, 0.25) is 0 Å². The summed E-state index contributed by atoms with van der Waals surface area (Å²) in [7, 11) is 0. The third-order valence-corrected chi connectivity index (χ3v) is 4.84. The maximum atomic E-state index is 13.7. The summed E-state index contributed by atoms with van der Waals surface area (Å²) < 4.78 is 51.5. The molecule has 0 heterocycles. The van der Waals surface area contributed by atoms with Crippen LogP contribution in [0.25, 0.3) is 0 Å². The van der Waals surface area contributed by atoms with E-state index in [2.05, 4.69) is 5.32 Å². The molecular weight excluding hydrogens is 451 g/mol. The Balaban J connectivity index is 2.17. The average molecular weight is 482 g/mol. The molecule has 2 N–H and O–H groups in total. The molecule has 2 aromatic rings. The molecule has 186 valence electrons. The third kappa shape index (κ3) is 7.13. The van der Waals surface area contributed by atoms with Gasteiger partial charge in [0.15, 0.2) is 5.78 Å². The summed E-state index contributed by atoms with van der Waals surface area (Å²) in [6.45, 7) is 10.2. The second-order valence-corrected chi connectivity index (χ2v) is 9.26. The minimum atomic E-state index is -4.92. The number of benzene rings is 2. The van der Waals surface area contributed by atoms with E-state index in [1.165, 1.54) is 13.8 Å². The number of halogens is 3. The highest BCUT2D eigenvalue weighted by Crippen LogP contribution is 2.44. The summed E-state index contributed by atoms with van der Waals surface area (Å²) in [4.78, 5) is 24.0. The van der Waals surface area contributed by atoms with Gasteiger partial charge in [0.2, 0.25) is 0 Å². The van der Waals surface area contributed by atoms with Crippen molar-refractivity contribution in [3.63, 3.8) is 0 Å². The summed E-state index contributed by atoms with van der Waals surface area (Å²) in [6, 6.07) is 7.32. The van der Waals surface area contributed by atoms with Crippen molar-refractivity contribution in [3.05, 3.63) is 58.1 Å². The molecule has 2 aromatic carbocycles. The zero-order valence-corrected chi connectivity index (χ0v) is 20.1. The normalized spacial score (nSPS) is 11.9. The van der Waals surface area contributed by atoms with Crippen molar-refractivity contribution in [2.45, 2.75) is 66.5 Å². The summed E-state index contributed by atoms with van der Waals surface area (Å²) in [6.07, 6.45) is -5.47. The van der Waals surface area contributed by atoms with Gasteiger partial charge in [0.1, 0.15) is 29.3 Å². The molecule has 0 spiro atoms. The van der Waals surface area contributed by atoms with E-state index in [1.54, 1.807) is 45.9 Å². The molecule has 2 rings (SSSR count). The van der Waals surface area contributed by atoms with Gasteiger partial charge in [0, 0.05) is 12.5 Å². The Hall–Kier alpha value is -3.23. The summed E-state index contributed by atoms with van der Waals surface area (Å²) in [5, 5.41) is 12.9. The largest absolute Gasteiger partial charge is 0.506 e. The summed E-state index contributed by atoms with van der Waals surface area (Å²) >= 11 is 0. The van der Waals surface area contributed by atoms with E-state index in [0.29, 0.717) is 5.56 Å². The second-order valence-electron chi connectivity index (χ2n) is 9.26. The standard InChI is InChI=1S/C25H30F3NO5/c1-14(2)21(30)18-9-10-19(20(22(18)31)25(26,27)28)33-13-16-7-8-17(15(3)11-16)12-29-23(32)34-24(4,5)6/h7-11,14,31H,12-13H2,1-6H3,(H,29,32). The van der Waals surface area contributed by atoms with Crippen LogP contribution in [0.5, 0.6) is 11.5 Å². The van der Waals surface area contributed by atoms with Gasteiger partial charge in [-0.1, -0.05) is 32.0 Å². The molecular formula is C25H30F3NO5. The Morgan fingerprint density at radius 2 is 1.74 bits per heavy atom. The highest BCUT2D eigenvalue weighted by atomic mass is 19.4. The number of ketones is 1. The number of carbonyl (C=O) groups excluding carboxylic acids is 2. The number of aromatic hydroxyl groups is 1. The molecule has 0 aliphatic rings. The predicted molar refractivity (Wildman–Crippen MR) is 121 cm³/mol. The number of alkyl carbamates (subject to hydrolysis) is 1. The molecule has 6 nitrogen and oxygen atoms in total. The minimum Gasteiger partial charge on any atom is -0.506 e. The lowest BCUT2D eigenvalue weighted by molar-refractivity contribution is -0.140. The third-order valence-electron chi connectivity index (χ3n) is 4.84. The molecule has 0 aliphatic heterocycles. The van der Waals surface area contributed by atoms with Crippen LogP contribution in [0.4, 0.5) is 18.0 Å². The smallest absolute Gasteiger partial charge is 0.423 e. The van der Waals surface area contributed by atoms with Crippen LogP contribution in [-0.2, 0) is 24.1 Å². The fraction of sp³-hybridized carbons (Fsp3) is 0.440. The van der Waals surface area contributed by atoms with Crippen molar-refractivity contribution in [3.8, 4) is 11.5 Å². The number of ether oxygens (including phenoxy) is 2. The van der Waals surface area contributed by atoms with Gasteiger partial charge >= 0.3 is 12.3 Å². The van der Waals surface area contributed by atoms with E-state index in [-0.39, 0.29) is 13.2 Å². The van der Waals surface area contributed by atoms with Crippen LogP contribution in [-0.4, -0.2) is 22.6 Å². The van der Waals surface area contributed by atoms with Gasteiger partial charge < -0.3 is 19.9 Å². The van der Waals surface area contributed by atoms with Crippen molar-refractivity contribution >= 4 is 11.9 Å². The Labute approximate surface area is 197 Å². The first-order valence-electron chi connectivity index (χ1n) is 10.8. The van der Waals surface area contributed by atoms with Gasteiger partial charge in [-0.2, -0.15) is 13.2 Å². The molecule has 0 unspecified atom stereocenters. The SMILES string of the molecule is Cc1cc(COc2ccc(C(=O)C(C)C)c(O)c2C(F)(F)F)ccc1CNC(=O)OC(C)(C)C. The van der Waals surface area contributed by atoms with Crippen LogP contribution in [0.15, 0.2) is 30.3 Å². The van der Waals surface area contributed by atoms with E-state index in [9.17, 15) is 27.9 Å². The number of alkyl halides is 3. The van der Waals surface area contributed by atoms with Gasteiger partial charge in [-0.3, -0.25) is 4.79 Å². The number of hydrogen-bond acceptors (Lipinski definition) is 5. The highest BCUT2D eigenvalue weighted by molar-refractivity contribution is 6.00. The molecule has 0 bridgehead atoms. The number of nitrogens with one attached hydrogen (secondary N) is 1. The highest BCUT2D eigenvalue weighted by Gasteiger charge is 2.40. The number of amides is 1. The number of aryl methyl sites for hydroxylation is 1. The second kappa shape index (κ2) is 10.4. The van der Waals surface area contributed by atoms with Gasteiger partial charge in [-0.05, 0) is 56.5 Å². The number of phenols is 1. The van der Waals surface area contributed by atoms with E-state index in [0.717, 1.165) is 23.3 Å². The van der Waals surface area contributed by atoms with E-state index in [1.807, 2.05) is 0 Å². The maximum absolute atomic E-state index is 13.7. The van der Waals surface area contributed by atoms with E-state index in [4.69, 9.17) is 9.47 Å². The maximum Gasteiger partial charge on any atom is 0.423 e. The van der Waals surface area contributed by atoms with Crippen molar-refractivity contribution in [1.29, 1.82) is 0 Å². The van der Waals surface area contributed by atoms with Crippen molar-refractivity contribution < 1.29 is 37.3 Å². The topological polar surface area (TPSA) is 84.9 Å². The fourth-order valence-electron chi connectivity index (χ4n) is 3.17. The molecule has 0 radical (unpaired) electrons. The minimum absolute atomic E-state index is 0.194. The number of hydrogen-bond donors (Lipinski definition) is 2. The molecule has 1 amide bonds. The first-order valence-corrected chi connectivity index (χ1v) is 10.8. The summed E-state index contributed by atoms with van der Waals surface area (Å²) in [5.74, 6) is -2.88. The molecule has 0 aliphatic carbocycles. The Morgan fingerprint density at radius 1 is 1.09 bits per heavy atom. The van der Waals surface area contributed by atoms with Crippen LogP contribution in [0.1, 0.15) is 67.2 Å². The Kier molecular flexibility index (Phi) is 8.23. The molecule has 0 aromatic heterocycles. The van der Waals surface area contributed by atoms with Crippen LogP contribution >= 0.6 is 0 Å². The fourth-order valence-corrected chi connectivity index (χ4v) is 3.17. The van der Waals surface area contributed by atoms with E-state index >= 15 is 0 Å². The molecule has 0 saturated carbocycles. The number of phenolic OH excluding ortho intramolecular Hbond substituents is 1. The van der Waals surface area contributed by atoms with Gasteiger partial charge in [0.05, 0.1) is 5.56 Å². The van der Waals surface area contributed by atoms with Gasteiger partial charge in [-0.25, -0.2) is 4.79 Å². The van der Waals surface area contributed by atoms with Gasteiger partial charge in [0.25, 0.3) is 0 Å². The lowest BCUT2D eigenvalue weighted by Crippen LogP contribution is -2.32. The molecule has 0 fully saturated rings. The molecule has 0 atom stereocenters. The summed E-state index contributed by atoms with van der Waals surface area (Å²) in [5.41, 5.74) is -0.201. The number of rotatable bonds is 7. The van der Waals surface area contributed by atoms with Crippen molar-refractivity contribution in [2.75, 3.05) is 0 Å². The molecule has 34 heavy (non-hydrogen) atoms. The zero-order chi connectivity index (χ0) is 25.8. The van der Waals surface area contributed by atoms with Crippen LogP contribution < -0.4 is 10.1 Å². The predicted octanol–water partition coefficient (Wildman–Crippen LogP) is 6.16. The zero-order valence-electron chi connectivity index (χ0n) is 20.1. The quantitative estimate of drug-likeness (QED) is 0.463. The number of Topliss-reactive ketones (excluding diaryl/α,β-unsaturated/α-hetero) is 1. The van der Waals surface area contributed by atoms with E-state index < -0.39 is 52.2 Å².